The first kappa shape index (κ1) is 18.1. The molecule has 4 rings (SSSR count). The maximum Gasteiger partial charge on any atom is 0.274 e. The van der Waals surface area contributed by atoms with Gasteiger partial charge >= 0.3 is 0 Å². The summed E-state index contributed by atoms with van der Waals surface area (Å²) in [4.78, 5) is 39.3. The number of likely N-dealkylation sites (tertiary alicyclic amines) is 1. The zero-order valence-corrected chi connectivity index (χ0v) is 15.6. The summed E-state index contributed by atoms with van der Waals surface area (Å²) in [6, 6.07) is 14.6. The Hall–Kier alpha value is -3.28. The first-order valence-corrected chi connectivity index (χ1v) is 9.42. The maximum atomic E-state index is 13.0. The van der Waals surface area contributed by atoms with Crippen LogP contribution in [0, 0.1) is 12.8 Å². The Labute approximate surface area is 162 Å². The molecule has 0 aliphatic carbocycles. The number of aryl methyl sites for hydroxylation is 1. The van der Waals surface area contributed by atoms with Crippen LogP contribution in [0.3, 0.4) is 0 Å². The summed E-state index contributed by atoms with van der Waals surface area (Å²) in [6.45, 7) is 2.99. The van der Waals surface area contributed by atoms with E-state index in [9.17, 15) is 14.4 Å². The van der Waals surface area contributed by atoms with Gasteiger partial charge < -0.3 is 4.90 Å². The number of H-pyrrole nitrogens is 1. The lowest BCUT2D eigenvalue weighted by Gasteiger charge is -2.31. The molecule has 1 aliphatic heterocycles. The van der Waals surface area contributed by atoms with E-state index in [0.29, 0.717) is 36.7 Å². The first-order chi connectivity index (χ1) is 13.5. The van der Waals surface area contributed by atoms with Crippen LogP contribution in [0.2, 0.25) is 0 Å². The number of rotatable bonds is 3. The van der Waals surface area contributed by atoms with Crippen molar-refractivity contribution in [2.24, 2.45) is 5.92 Å². The summed E-state index contributed by atoms with van der Waals surface area (Å²) < 4.78 is 0. The smallest absolute Gasteiger partial charge is 0.274 e. The molecule has 1 aliphatic rings. The fourth-order valence-corrected chi connectivity index (χ4v) is 3.73. The SMILES string of the molecule is Cc1ccc(C(=O)C2CCN(C(=O)c3n[nH]c(=O)c4ccccc34)CC2)cc1. The van der Waals surface area contributed by atoms with Gasteiger partial charge in [0.15, 0.2) is 11.5 Å². The predicted molar refractivity (Wildman–Crippen MR) is 107 cm³/mol. The topological polar surface area (TPSA) is 83.1 Å². The van der Waals surface area contributed by atoms with E-state index in [-0.39, 0.29) is 28.9 Å². The fraction of sp³-hybridized carbons (Fsp3) is 0.273. The molecule has 0 radical (unpaired) electrons. The largest absolute Gasteiger partial charge is 0.337 e. The molecule has 6 nitrogen and oxygen atoms in total. The molecule has 142 valence electrons. The minimum absolute atomic E-state index is 0.0768. The molecule has 1 aromatic heterocycles. The highest BCUT2D eigenvalue weighted by Crippen LogP contribution is 2.24. The van der Waals surface area contributed by atoms with Gasteiger partial charge in [-0.25, -0.2) is 5.10 Å². The summed E-state index contributed by atoms with van der Waals surface area (Å²) in [7, 11) is 0. The van der Waals surface area contributed by atoms with Crippen molar-refractivity contribution in [2.75, 3.05) is 13.1 Å². The summed E-state index contributed by atoms with van der Waals surface area (Å²) in [5.41, 5.74) is 1.79. The fourth-order valence-electron chi connectivity index (χ4n) is 3.73. The maximum absolute atomic E-state index is 13.0. The number of benzene rings is 2. The number of hydrogen-bond donors (Lipinski definition) is 1. The average Bonchev–Trinajstić information content (AvgIpc) is 2.74. The van der Waals surface area contributed by atoms with Crippen molar-refractivity contribution in [3.8, 4) is 0 Å². The van der Waals surface area contributed by atoms with Crippen LogP contribution in [0.15, 0.2) is 53.3 Å². The van der Waals surface area contributed by atoms with Crippen molar-refractivity contribution in [2.45, 2.75) is 19.8 Å². The van der Waals surface area contributed by atoms with Crippen molar-refractivity contribution >= 4 is 22.5 Å². The molecular weight excluding hydrogens is 354 g/mol. The minimum Gasteiger partial charge on any atom is -0.337 e. The van der Waals surface area contributed by atoms with Crippen LogP contribution in [-0.2, 0) is 0 Å². The van der Waals surface area contributed by atoms with E-state index < -0.39 is 0 Å². The number of piperidine rings is 1. The lowest BCUT2D eigenvalue weighted by molar-refractivity contribution is 0.0646. The highest BCUT2D eigenvalue weighted by atomic mass is 16.2. The van der Waals surface area contributed by atoms with Gasteiger partial charge in [0.2, 0.25) is 0 Å². The summed E-state index contributed by atoms with van der Waals surface area (Å²) in [5.74, 6) is -0.152. The van der Waals surface area contributed by atoms with Crippen molar-refractivity contribution in [3.05, 3.63) is 75.7 Å². The second-order valence-electron chi connectivity index (χ2n) is 7.24. The van der Waals surface area contributed by atoms with Crippen LogP contribution in [0.4, 0.5) is 0 Å². The standard InChI is InChI=1S/C22H21N3O3/c1-14-6-8-15(9-7-14)20(26)16-10-12-25(13-11-16)22(28)19-17-4-2-3-5-18(17)21(27)24-23-19/h2-9,16H,10-13H2,1H3,(H,24,27). The van der Waals surface area contributed by atoms with Gasteiger partial charge in [-0.15, -0.1) is 0 Å². The van der Waals surface area contributed by atoms with E-state index in [1.807, 2.05) is 31.2 Å². The van der Waals surface area contributed by atoms with E-state index in [4.69, 9.17) is 0 Å². The van der Waals surface area contributed by atoms with Crippen LogP contribution in [0.5, 0.6) is 0 Å². The number of carbonyl (C=O) groups excluding carboxylic acids is 2. The highest BCUT2D eigenvalue weighted by Gasteiger charge is 2.29. The molecule has 0 spiro atoms. The minimum atomic E-state index is -0.311. The molecule has 1 saturated heterocycles. The molecule has 0 atom stereocenters. The lowest BCUT2D eigenvalue weighted by Crippen LogP contribution is -2.41. The van der Waals surface area contributed by atoms with Crippen molar-refractivity contribution in [1.82, 2.24) is 15.1 Å². The van der Waals surface area contributed by atoms with Crippen molar-refractivity contribution in [1.29, 1.82) is 0 Å². The number of carbonyl (C=O) groups is 2. The normalized spacial score (nSPS) is 15.0. The number of nitrogens with zero attached hydrogens (tertiary/aromatic N) is 2. The van der Waals surface area contributed by atoms with Gasteiger partial charge in [0, 0.05) is 30.0 Å². The van der Waals surface area contributed by atoms with Crippen LogP contribution >= 0.6 is 0 Å². The van der Waals surface area contributed by atoms with E-state index >= 15 is 0 Å². The van der Waals surface area contributed by atoms with Crippen molar-refractivity contribution in [3.63, 3.8) is 0 Å². The number of amides is 1. The molecule has 0 unspecified atom stereocenters. The number of ketones is 1. The molecule has 6 heteroatoms. The number of nitrogens with one attached hydrogen (secondary N) is 1. The third-order valence-corrected chi connectivity index (χ3v) is 5.39. The molecule has 2 aromatic carbocycles. The Kier molecular flexibility index (Phi) is 4.77. The molecule has 1 fully saturated rings. The monoisotopic (exact) mass is 375 g/mol. The third-order valence-electron chi connectivity index (χ3n) is 5.39. The highest BCUT2D eigenvalue weighted by molar-refractivity contribution is 6.05. The van der Waals surface area contributed by atoms with Gasteiger partial charge in [-0.05, 0) is 25.8 Å². The Bertz CT molecular complexity index is 1090. The Morgan fingerprint density at radius 2 is 1.64 bits per heavy atom. The van der Waals surface area contributed by atoms with Crippen molar-refractivity contribution < 1.29 is 9.59 Å². The molecule has 0 saturated carbocycles. The van der Waals surface area contributed by atoms with Gasteiger partial charge in [0.05, 0.1) is 5.39 Å². The summed E-state index contributed by atoms with van der Waals surface area (Å²) >= 11 is 0. The molecule has 28 heavy (non-hydrogen) atoms. The zero-order valence-electron chi connectivity index (χ0n) is 15.6. The number of Topliss-reactive ketones (excluding diaryl/α,β-unsaturated/α-hetero) is 1. The number of hydrogen-bond acceptors (Lipinski definition) is 4. The first-order valence-electron chi connectivity index (χ1n) is 9.42. The van der Waals surface area contributed by atoms with E-state index in [0.717, 1.165) is 11.1 Å². The van der Waals surface area contributed by atoms with E-state index in [1.54, 1.807) is 29.2 Å². The van der Waals surface area contributed by atoms with Crippen LogP contribution in [0.25, 0.3) is 10.8 Å². The Morgan fingerprint density at radius 3 is 2.32 bits per heavy atom. The molecular formula is C22H21N3O3. The number of fused-ring (bicyclic) bond motifs is 1. The van der Waals surface area contributed by atoms with Crippen LogP contribution in [-0.4, -0.2) is 39.9 Å². The summed E-state index contributed by atoms with van der Waals surface area (Å²) in [6.07, 6.45) is 1.25. The van der Waals surface area contributed by atoms with E-state index in [2.05, 4.69) is 10.2 Å². The van der Waals surface area contributed by atoms with Crippen LogP contribution in [0.1, 0.15) is 39.3 Å². The second kappa shape index (κ2) is 7.38. The van der Waals surface area contributed by atoms with Gasteiger partial charge in [0.25, 0.3) is 11.5 Å². The average molecular weight is 375 g/mol. The Balaban J connectivity index is 1.49. The quantitative estimate of drug-likeness (QED) is 0.714. The molecule has 2 heterocycles. The Morgan fingerprint density at radius 1 is 1.00 bits per heavy atom. The van der Waals surface area contributed by atoms with Gasteiger partial charge in [-0.2, -0.15) is 5.10 Å². The summed E-state index contributed by atoms with van der Waals surface area (Å²) in [5, 5.41) is 7.40. The van der Waals surface area contributed by atoms with Gasteiger partial charge in [0.1, 0.15) is 0 Å². The third kappa shape index (κ3) is 3.33. The van der Waals surface area contributed by atoms with E-state index in [1.165, 1.54) is 0 Å². The van der Waals surface area contributed by atoms with Gasteiger partial charge in [-0.1, -0.05) is 48.0 Å². The molecule has 3 aromatic rings. The number of aromatic nitrogens is 2. The van der Waals surface area contributed by atoms with Crippen LogP contribution < -0.4 is 5.56 Å². The number of aromatic amines is 1. The zero-order chi connectivity index (χ0) is 19.7. The molecule has 0 bridgehead atoms. The molecule has 1 N–H and O–H groups in total. The molecule has 1 amide bonds. The predicted octanol–water partition coefficient (Wildman–Crippen LogP) is 2.97. The second-order valence-corrected chi connectivity index (χ2v) is 7.24. The lowest BCUT2D eigenvalue weighted by atomic mass is 9.88. The van der Waals surface area contributed by atoms with Gasteiger partial charge in [-0.3, -0.25) is 14.4 Å².